The standard InChI is InChI=1S/C17H14F6N4O2/c1-3-25-14(28)27-13(11(7-24)8(2)26-15(27)29)10-6-9(16(18,19)20)4-5-12(10)17(21,22)23/h4-6,11,13H,3H2,1-2H3,(H,25,28). The summed E-state index contributed by atoms with van der Waals surface area (Å²) in [5.41, 5.74) is -4.14. The van der Waals surface area contributed by atoms with Crippen molar-refractivity contribution in [3.8, 4) is 6.07 Å². The molecule has 1 aromatic carbocycles. The van der Waals surface area contributed by atoms with Crippen LogP contribution in [0, 0.1) is 17.2 Å². The summed E-state index contributed by atoms with van der Waals surface area (Å²) >= 11 is 0. The van der Waals surface area contributed by atoms with Crippen molar-refractivity contribution in [3.05, 3.63) is 34.9 Å². The molecule has 4 amide bonds. The monoisotopic (exact) mass is 420 g/mol. The summed E-state index contributed by atoms with van der Waals surface area (Å²) in [6, 6.07) is -2.11. The summed E-state index contributed by atoms with van der Waals surface area (Å²) in [5.74, 6) is -1.57. The summed E-state index contributed by atoms with van der Waals surface area (Å²) in [4.78, 5) is 28.3. The third kappa shape index (κ3) is 4.33. The zero-order valence-corrected chi connectivity index (χ0v) is 15.0. The lowest BCUT2D eigenvalue weighted by Crippen LogP contribution is -2.51. The summed E-state index contributed by atoms with van der Waals surface area (Å²) in [7, 11) is 0. The maximum Gasteiger partial charge on any atom is 0.416 e. The molecule has 0 spiro atoms. The molecule has 1 N–H and O–H groups in total. The van der Waals surface area contributed by atoms with Gasteiger partial charge in [0.2, 0.25) is 0 Å². The minimum absolute atomic E-state index is 0.0238. The number of amides is 4. The molecule has 6 nitrogen and oxygen atoms in total. The van der Waals surface area contributed by atoms with Crippen LogP contribution in [0.1, 0.15) is 36.6 Å². The van der Waals surface area contributed by atoms with Gasteiger partial charge in [-0.05, 0) is 37.6 Å². The number of urea groups is 2. The van der Waals surface area contributed by atoms with E-state index in [0.29, 0.717) is 0 Å². The molecule has 0 saturated heterocycles. The predicted octanol–water partition coefficient (Wildman–Crippen LogP) is 4.53. The van der Waals surface area contributed by atoms with Crippen molar-refractivity contribution in [2.75, 3.05) is 6.54 Å². The van der Waals surface area contributed by atoms with Crippen molar-refractivity contribution in [2.45, 2.75) is 32.2 Å². The molecular weight excluding hydrogens is 406 g/mol. The molecule has 0 aromatic heterocycles. The Bertz CT molecular complexity index is 901. The molecular formula is C17H14F6N4O2. The number of benzene rings is 1. The van der Waals surface area contributed by atoms with Gasteiger partial charge in [0.05, 0.1) is 23.2 Å². The summed E-state index contributed by atoms with van der Waals surface area (Å²) in [6.07, 6.45) is -10.1. The maximum atomic E-state index is 13.5. The second-order valence-electron chi connectivity index (χ2n) is 6.09. The van der Waals surface area contributed by atoms with Gasteiger partial charge in [0, 0.05) is 12.3 Å². The van der Waals surface area contributed by atoms with Crippen LogP contribution in [-0.4, -0.2) is 29.2 Å². The highest BCUT2D eigenvalue weighted by Crippen LogP contribution is 2.43. The van der Waals surface area contributed by atoms with Crippen molar-refractivity contribution in [1.82, 2.24) is 10.2 Å². The smallest absolute Gasteiger partial charge is 0.338 e. The van der Waals surface area contributed by atoms with Crippen molar-refractivity contribution in [2.24, 2.45) is 10.9 Å². The molecule has 1 aliphatic rings. The van der Waals surface area contributed by atoms with Crippen molar-refractivity contribution < 1.29 is 35.9 Å². The van der Waals surface area contributed by atoms with E-state index in [4.69, 9.17) is 0 Å². The Labute approximate surface area is 160 Å². The molecule has 0 radical (unpaired) electrons. The molecule has 29 heavy (non-hydrogen) atoms. The highest BCUT2D eigenvalue weighted by Gasteiger charge is 2.47. The number of hydrogen-bond donors (Lipinski definition) is 1. The number of rotatable bonds is 2. The number of carbonyl (C=O) groups is 2. The summed E-state index contributed by atoms with van der Waals surface area (Å²) in [5, 5.41) is 11.6. The van der Waals surface area contributed by atoms with Gasteiger partial charge in [0.1, 0.15) is 5.92 Å². The van der Waals surface area contributed by atoms with Gasteiger partial charge in [0.15, 0.2) is 0 Å². The Morgan fingerprint density at radius 3 is 2.34 bits per heavy atom. The van der Waals surface area contributed by atoms with Crippen molar-refractivity contribution in [1.29, 1.82) is 5.26 Å². The number of nitrogens with zero attached hydrogens (tertiary/aromatic N) is 3. The topological polar surface area (TPSA) is 85.6 Å². The van der Waals surface area contributed by atoms with Gasteiger partial charge in [0.25, 0.3) is 0 Å². The number of hydrogen-bond acceptors (Lipinski definition) is 3. The number of aliphatic imine (C=N–C) groups is 1. The molecule has 1 aliphatic heterocycles. The van der Waals surface area contributed by atoms with Crippen molar-refractivity contribution in [3.63, 3.8) is 0 Å². The minimum Gasteiger partial charge on any atom is -0.338 e. The predicted molar refractivity (Wildman–Crippen MR) is 87.7 cm³/mol. The number of halogens is 6. The van der Waals surface area contributed by atoms with E-state index in [2.05, 4.69) is 10.3 Å². The molecule has 1 heterocycles. The van der Waals surface area contributed by atoms with Crippen LogP contribution >= 0.6 is 0 Å². The second kappa shape index (κ2) is 7.73. The van der Waals surface area contributed by atoms with Gasteiger partial charge >= 0.3 is 24.4 Å². The molecule has 0 bridgehead atoms. The van der Waals surface area contributed by atoms with E-state index in [0.717, 1.165) is 0 Å². The van der Waals surface area contributed by atoms with Crippen LogP contribution in [0.3, 0.4) is 0 Å². The van der Waals surface area contributed by atoms with E-state index in [9.17, 15) is 41.2 Å². The number of nitriles is 1. The van der Waals surface area contributed by atoms with Gasteiger partial charge in [-0.1, -0.05) is 0 Å². The Balaban J connectivity index is 2.83. The van der Waals surface area contributed by atoms with Gasteiger partial charge in [-0.2, -0.15) is 31.6 Å². The average molecular weight is 420 g/mol. The third-order valence-electron chi connectivity index (χ3n) is 4.21. The molecule has 0 fully saturated rings. The fourth-order valence-corrected chi connectivity index (χ4v) is 2.94. The van der Waals surface area contributed by atoms with Crippen LogP contribution in [0.15, 0.2) is 23.2 Å². The zero-order valence-electron chi connectivity index (χ0n) is 15.0. The van der Waals surface area contributed by atoms with Gasteiger partial charge < -0.3 is 5.32 Å². The SMILES string of the molecule is CCNC(=O)N1C(=O)N=C(C)C(C#N)C1c1cc(C(F)(F)F)ccc1C(F)(F)F. The highest BCUT2D eigenvalue weighted by atomic mass is 19.4. The quantitative estimate of drug-likeness (QED) is 0.714. The van der Waals surface area contributed by atoms with Gasteiger partial charge in [-0.15, -0.1) is 0 Å². The molecule has 2 unspecified atom stereocenters. The Morgan fingerprint density at radius 1 is 1.24 bits per heavy atom. The first-order chi connectivity index (χ1) is 13.3. The van der Waals surface area contributed by atoms with E-state index in [1.54, 1.807) is 6.07 Å². The lowest BCUT2D eigenvalue weighted by molar-refractivity contribution is -0.142. The molecule has 156 valence electrons. The average Bonchev–Trinajstić information content (AvgIpc) is 2.59. The first-order valence-corrected chi connectivity index (χ1v) is 8.17. The zero-order chi connectivity index (χ0) is 22.1. The fraction of sp³-hybridized carbons (Fsp3) is 0.412. The van der Waals surface area contributed by atoms with Crippen molar-refractivity contribution >= 4 is 17.8 Å². The van der Waals surface area contributed by atoms with Crippen LogP contribution < -0.4 is 5.32 Å². The van der Waals surface area contributed by atoms with E-state index in [-0.39, 0.29) is 35.4 Å². The Hall–Kier alpha value is -3.10. The Kier molecular flexibility index (Phi) is 5.91. The molecule has 0 aliphatic carbocycles. The number of carbonyl (C=O) groups excluding carboxylic acids is 2. The van der Waals surface area contributed by atoms with E-state index < -0.39 is 53.1 Å². The van der Waals surface area contributed by atoms with Crippen LogP contribution in [-0.2, 0) is 12.4 Å². The number of alkyl halides is 6. The minimum atomic E-state index is -5.10. The summed E-state index contributed by atoms with van der Waals surface area (Å²) in [6.45, 7) is 2.61. The second-order valence-corrected chi connectivity index (χ2v) is 6.09. The van der Waals surface area contributed by atoms with Crippen LogP contribution in [0.4, 0.5) is 35.9 Å². The first-order valence-electron chi connectivity index (χ1n) is 8.17. The van der Waals surface area contributed by atoms with E-state index in [1.165, 1.54) is 13.8 Å². The number of imide groups is 1. The lowest BCUT2D eigenvalue weighted by atomic mass is 9.84. The van der Waals surface area contributed by atoms with Crippen LogP contribution in [0.2, 0.25) is 0 Å². The van der Waals surface area contributed by atoms with Crippen LogP contribution in [0.25, 0.3) is 0 Å². The summed E-state index contributed by atoms with van der Waals surface area (Å²) < 4.78 is 80.0. The van der Waals surface area contributed by atoms with E-state index >= 15 is 0 Å². The van der Waals surface area contributed by atoms with Crippen LogP contribution in [0.5, 0.6) is 0 Å². The van der Waals surface area contributed by atoms with Gasteiger partial charge in [-0.25, -0.2) is 19.5 Å². The molecule has 0 saturated carbocycles. The number of nitrogens with one attached hydrogen (secondary N) is 1. The van der Waals surface area contributed by atoms with Gasteiger partial charge in [-0.3, -0.25) is 0 Å². The van der Waals surface area contributed by atoms with E-state index in [1.807, 2.05) is 0 Å². The molecule has 2 rings (SSSR count). The largest absolute Gasteiger partial charge is 0.416 e. The maximum absolute atomic E-state index is 13.5. The Morgan fingerprint density at radius 2 is 1.86 bits per heavy atom. The lowest BCUT2D eigenvalue weighted by Gasteiger charge is -2.36. The third-order valence-corrected chi connectivity index (χ3v) is 4.21. The fourth-order valence-electron chi connectivity index (χ4n) is 2.94. The molecule has 2 atom stereocenters. The first kappa shape index (κ1) is 22.2. The normalized spacial score (nSPS) is 20.2. The molecule has 1 aromatic rings. The highest BCUT2D eigenvalue weighted by molar-refractivity contribution is 6.05. The molecule has 12 heteroatoms.